The van der Waals surface area contributed by atoms with E-state index in [1.54, 1.807) is 43.1 Å². The van der Waals surface area contributed by atoms with Gasteiger partial charge in [-0.3, -0.25) is 14.4 Å². The molecule has 54 heavy (non-hydrogen) atoms. The highest BCUT2D eigenvalue weighted by Gasteiger charge is 2.18. The molecular formula is C46H80O7S. The molecular weight excluding hydrogens is 697 g/mol. The number of unbranched alkanes of at least 4 members (excludes halogenated alkanes) is 24. The van der Waals surface area contributed by atoms with Gasteiger partial charge in [0.05, 0.1) is 7.11 Å². The van der Waals surface area contributed by atoms with Crippen molar-refractivity contribution < 1.29 is 33.3 Å². The number of methoxy groups -OCH3 is 1. The number of carbonyl (C=O) groups excluding carboxylic acids is 3. The molecule has 0 saturated heterocycles. The molecule has 0 aliphatic heterocycles. The quantitative estimate of drug-likeness (QED) is 0.0371. The maximum absolute atomic E-state index is 12.8. The van der Waals surface area contributed by atoms with Crippen molar-refractivity contribution in [3.8, 4) is 11.5 Å². The van der Waals surface area contributed by atoms with Crippen molar-refractivity contribution in [2.75, 3.05) is 25.2 Å². The van der Waals surface area contributed by atoms with E-state index in [2.05, 4.69) is 13.8 Å². The van der Waals surface area contributed by atoms with Gasteiger partial charge in [0.1, 0.15) is 24.2 Å². The molecule has 0 fully saturated rings. The van der Waals surface area contributed by atoms with Crippen molar-refractivity contribution >= 4 is 29.7 Å². The van der Waals surface area contributed by atoms with Crippen LogP contribution in [0.5, 0.6) is 11.5 Å². The molecule has 0 N–H and O–H groups in total. The molecule has 0 aliphatic rings. The summed E-state index contributed by atoms with van der Waals surface area (Å²) in [5.74, 6) is 1.69. The topological polar surface area (TPSA) is 88.1 Å². The lowest BCUT2D eigenvalue weighted by molar-refractivity contribution is -0.157. The predicted octanol–water partition coefficient (Wildman–Crippen LogP) is 13.5. The van der Waals surface area contributed by atoms with Crippen LogP contribution in [0.2, 0.25) is 0 Å². The number of hydrogen-bond donors (Lipinski definition) is 0. The molecule has 312 valence electrons. The molecule has 8 heteroatoms. The van der Waals surface area contributed by atoms with Crippen molar-refractivity contribution in [1.29, 1.82) is 0 Å². The second-order valence-corrected chi connectivity index (χ2v) is 16.3. The first-order valence-electron chi connectivity index (χ1n) is 22.3. The van der Waals surface area contributed by atoms with Gasteiger partial charge in [-0.2, -0.15) is 11.8 Å². The van der Waals surface area contributed by atoms with Crippen LogP contribution in [-0.4, -0.2) is 49.2 Å². The fraction of sp³-hybridized carbons (Fsp3) is 0.804. The largest absolute Gasteiger partial charge is 0.497 e. The number of hydrogen-bond acceptors (Lipinski definition) is 8. The Morgan fingerprint density at radius 2 is 0.889 bits per heavy atom. The Balaban J connectivity index is 2.29. The van der Waals surface area contributed by atoms with Crippen LogP contribution in [0.25, 0.3) is 0 Å². The Bertz CT molecular complexity index is 1010. The summed E-state index contributed by atoms with van der Waals surface area (Å²) in [5.41, 5.74) is 0. The SMILES string of the molecule is CCCCCCCCCCCCCCCC(=O)OCC(CSCCCC(=O)Oc1ccc(OC)cc1)OC(=O)CCCCCCCCCCCCCCC. The van der Waals surface area contributed by atoms with E-state index in [1.807, 2.05) is 0 Å². The van der Waals surface area contributed by atoms with Gasteiger partial charge < -0.3 is 18.9 Å². The number of carbonyl (C=O) groups is 3. The lowest BCUT2D eigenvalue weighted by atomic mass is 10.0. The first-order valence-corrected chi connectivity index (χ1v) is 23.4. The van der Waals surface area contributed by atoms with Gasteiger partial charge in [-0.05, 0) is 49.3 Å². The molecule has 0 radical (unpaired) electrons. The van der Waals surface area contributed by atoms with E-state index < -0.39 is 6.10 Å². The maximum atomic E-state index is 12.8. The average Bonchev–Trinajstić information content (AvgIpc) is 3.17. The van der Waals surface area contributed by atoms with Crippen LogP contribution in [0, 0.1) is 0 Å². The van der Waals surface area contributed by atoms with Gasteiger partial charge in [-0.1, -0.05) is 168 Å². The second-order valence-electron chi connectivity index (χ2n) is 15.1. The van der Waals surface area contributed by atoms with Crippen molar-refractivity contribution in [2.24, 2.45) is 0 Å². The molecule has 0 aliphatic carbocycles. The van der Waals surface area contributed by atoms with E-state index >= 15 is 0 Å². The smallest absolute Gasteiger partial charge is 0.311 e. The Kier molecular flexibility index (Phi) is 34.8. The van der Waals surface area contributed by atoms with E-state index in [0.29, 0.717) is 42.3 Å². The van der Waals surface area contributed by atoms with Crippen LogP contribution in [0.15, 0.2) is 24.3 Å². The number of rotatable bonds is 39. The number of benzene rings is 1. The molecule has 1 atom stereocenters. The molecule has 1 aromatic carbocycles. The highest BCUT2D eigenvalue weighted by molar-refractivity contribution is 7.99. The number of esters is 3. The van der Waals surface area contributed by atoms with Crippen LogP contribution in [0.4, 0.5) is 0 Å². The average molecular weight is 777 g/mol. The van der Waals surface area contributed by atoms with Crippen LogP contribution < -0.4 is 9.47 Å². The van der Waals surface area contributed by atoms with E-state index in [-0.39, 0.29) is 30.9 Å². The van der Waals surface area contributed by atoms with Gasteiger partial charge in [-0.15, -0.1) is 0 Å². The zero-order chi connectivity index (χ0) is 39.2. The highest BCUT2D eigenvalue weighted by atomic mass is 32.2. The summed E-state index contributed by atoms with van der Waals surface area (Å²) in [5, 5.41) is 0. The van der Waals surface area contributed by atoms with Crippen molar-refractivity contribution in [1.82, 2.24) is 0 Å². The Morgan fingerprint density at radius 3 is 1.33 bits per heavy atom. The summed E-state index contributed by atoms with van der Waals surface area (Å²) < 4.78 is 22.0. The summed E-state index contributed by atoms with van der Waals surface area (Å²) in [6.07, 6.45) is 34.0. The number of thioether (sulfide) groups is 1. The van der Waals surface area contributed by atoms with Gasteiger partial charge in [0.25, 0.3) is 0 Å². The molecule has 1 rings (SSSR count). The molecule has 0 saturated carbocycles. The van der Waals surface area contributed by atoms with Crippen LogP contribution >= 0.6 is 11.8 Å². The van der Waals surface area contributed by atoms with E-state index in [4.69, 9.17) is 18.9 Å². The lowest BCUT2D eigenvalue weighted by Crippen LogP contribution is -2.27. The Labute approximate surface area is 335 Å². The minimum atomic E-state index is -0.494. The first-order chi connectivity index (χ1) is 26.5. The number of ether oxygens (including phenoxy) is 4. The highest BCUT2D eigenvalue weighted by Crippen LogP contribution is 2.19. The maximum Gasteiger partial charge on any atom is 0.311 e. The molecule has 0 bridgehead atoms. The minimum absolute atomic E-state index is 0.0775. The van der Waals surface area contributed by atoms with Gasteiger partial charge in [0, 0.05) is 25.0 Å². The van der Waals surface area contributed by atoms with Crippen LogP contribution in [0.1, 0.15) is 206 Å². The second kappa shape index (κ2) is 37.7. The van der Waals surface area contributed by atoms with E-state index in [1.165, 1.54) is 128 Å². The van der Waals surface area contributed by atoms with Gasteiger partial charge in [-0.25, -0.2) is 0 Å². The normalized spacial score (nSPS) is 11.7. The van der Waals surface area contributed by atoms with Gasteiger partial charge >= 0.3 is 17.9 Å². The van der Waals surface area contributed by atoms with Crippen LogP contribution in [-0.2, 0) is 23.9 Å². The summed E-state index contributed by atoms with van der Waals surface area (Å²) in [6.45, 7) is 4.60. The fourth-order valence-corrected chi connectivity index (χ4v) is 7.50. The molecule has 1 unspecified atom stereocenters. The third-order valence-electron chi connectivity index (χ3n) is 9.96. The molecule has 0 amide bonds. The molecule has 0 heterocycles. The van der Waals surface area contributed by atoms with Crippen molar-refractivity contribution in [3.63, 3.8) is 0 Å². The standard InChI is InChI=1S/C46H80O7S/c1-4-6-8-10-12-14-16-18-20-22-24-26-28-31-44(47)51-39-43(40-54-38-30-33-46(49)52-42-36-34-41(50-3)35-37-42)53-45(48)32-29-27-25-23-21-19-17-15-13-11-9-7-5-2/h34-37,43H,4-33,38-40H2,1-3H3. The monoisotopic (exact) mass is 777 g/mol. The summed E-state index contributed by atoms with van der Waals surface area (Å²) in [6, 6.07) is 6.93. The third-order valence-corrected chi connectivity index (χ3v) is 11.1. The summed E-state index contributed by atoms with van der Waals surface area (Å²) in [7, 11) is 1.59. The molecule has 0 aromatic heterocycles. The molecule has 1 aromatic rings. The van der Waals surface area contributed by atoms with Gasteiger partial charge in [0.2, 0.25) is 0 Å². The summed E-state index contributed by atoms with van der Waals surface area (Å²) >= 11 is 1.60. The lowest BCUT2D eigenvalue weighted by Gasteiger charge is -2.18. The summed E-state index contributed by atoms with van der Waals surface area (Å²) in [4.78, 5) is 37.6. The first kappa shape index (κ1) is 49.8. The predicted molar refractivity (Wildman–Crippen MR) is 227 cm³/mol. The Morgan fingerprint density at radius 1 is 0.500 bits per heavy atom. The zero-order valence-electron chi connectivity index (χ0n) is 35.0. The minimum Gasteiger partial charge on any atom is -0.497 e. The van der Waals surface area contributed by atoms with Crippen molar-refractivity contribution in [3.05, 3.63) is 24.3 Å². The zero-order valence-corrected chi connectivity index (χ0v) is 35.8. The van der Waals surface area contributed by atoms with Crippen molar-refractivity contribution in [2.45, 2.75) is 213 Å². The third kappa shape index (κ3) is 32.1. The molecule has 0 spiro atoms. The van der Waals surface area contributed by atoms with Crippen LogP contribution in [0.3, 0.4) is 0 Å². The van der Waals surface area contributed by atoms with Gasteiger partial charge in [0.15, 0.2) is 0 Å². The Hall–Kier alpha value is -2.22. The molecule has 7 nitrogen and oxygen atoms in total. The fourth-order valence-electron chi connectivity index (χ4n) is 6.55. The van der Waals surface area contributed by atoms with E-state index in [0.717, 1.165) is 38.5 Å². The van der Waals surface area contributed by atoms with E-state index in [9.17, 15) is 14.4 Å².